The van der Waals surface area contributed by atoms with Crippen LogP contribution in [-0.4, -0.2) is 37.8 Å². The highest BCUT2D eigenvalue weighted by Crippen LogP contribution is 2.44. The first-order chi connectivity index (χ1) is 12.2. The Balaban J connectivity index is 2.12. The van der Waals surface area contributed by atoms with Gasteiger partial charge in [0.1, 0.15) is 5.60 Å². The molecule has 10 heteroatoms. The number of aryl methyl sites for hydroxylation is 1. The largest absolute Gasteiger partial charge is 0.444 e. The molecule has 2 N–H and O–H groups in total. The van der Waals surface area contributed by atoms with Crippen molar-refractivity contribution in [2.75, 3.05) is 0 Å². The molecule has 1 aliphatic rings. The van der Waals surface area contributed by atoms with E-state index >= 15 is 0 Å². The van der Waals surface area contributed by atoms with Crippen molar-refractivity contribution in [2.45, 2.75) is 62.5 Å². The van der Waals surface area contributed by atoms with Gasteiger partial charge in [-0.2, -0.15) is 13.5 Å². The van der Waals surface area contributed by atoms with Gasteiger partial charge in [0.05, 0.1) is 16.6 Å². The number of hydrogen-bond donors (Lipinski definition) is 2. The fraction of sp³-hybridized carbons (Fsp3) is 0.529. The van der Waals surface area contributed by atoms with Crippen LogP contribution in [0.2, 0.25) is 0 Å². The van der Waals surface area contributed by atoms with Crippen LogP contribution in [0, 0.1) is 6.92 Å². The average molecular weight is 403 g/mol. The van der Waals surface area contributed by atoms with E-state index in [1.165, 1.54) is 6.07 Å². The van der Waals surface area contributed by atoms with Gasteiger partial charge in [-0.1, -0.05) is 18.2 Å². The highest BCUT2D eigenvalue weighted by molar-refractivity contribution is 7.89. The lowest BCUT2D eigenvalue weighted by Gasteiger charge is -2.44. The number of amides is 1. The van der Waals surface area contributed by atoms with E-state index in [9.17, 15) is 22.0 Å². The molecule has 1 saturated carbocycles. The summed E-state index contributed by atoms with van der Waals surface area (Å²) in [7, 11) is -3.96. The molecular formula is C17H23F2N3O4S. The summed E-state index contributed by atoms with van der Waals surface area (Å²) in [6.45, 7) is 6.54. The van der Waals surface area contributed by atoms with E-state index in [0.29, 0.717) is 5.56 Å². The maximum Gasteiger partial charge on any atom is 0.408 e. The first kappa shape index (κ1) is 21.1. The minimum atomic E-state index is -3.96. The van der Waals surface area contributed by atoms with Crippen LogP contribution in [0.25, 0.3) is 0 Å². The molecule has 1 aromatic rings. The summed E-state index contributed by atoms with van der Waals surface area (Å²) in [6.07, 6.45) is -1.31. The summed E-state index contributed by atoms with van der Waals surface area (Å²) in [5.74, 6) is -2.98. The summed E-state index contributed by atoms with van der Waals surface area (Å²) >= 11 is 0. The van der Waals surface area contributed by atoms with E-state index in [2.05, 4.69) is 10.4 Å². The van der Waals surface area contributed by atoms with Gasteiger partial charge in [-0.25, -0.2) is 18.4 Å². The van der Waals surface area contributed by atoms with Crippen molar-refractivity contribution in [2.24, 2.45) is 5.10 Å². The molecule has 0 aliphatic heterocycles. The van der Waals surface area contributed by atoms with Gasteiger partial charge in [-0.15, -0.1) is 0 Å². The van der Waals surface area contributed by atoms with Gasteiger partial charge < -0.3 is 10.1 Å². The second-order valence-corrected chi connectivity index (χ2v) is 9.24. The summed E-state index contributed by atoms with van der Waals surface area (Å²) in [6, 6.07) is 6.27. The number of alkyl carbamates (subject to hydrolysis) is 1. The van der Waals surface area contributed by atoms with Crippen LogP contribution in [0.1, 0.15) is 39.2 Å². The Labute approximate surface area is 157 Å². The Morgan fingerprint density at radius 1 is 1.26 bits per heavy atom. The maximum atomic E-state index is 13.4. The van der Waals surface area contributed by atoms with Crippen molar-refractivity contribution < 1.29 is 26.7 Å². The first-order valence-electron chi connectivity index (χ1n) is 8.24. The number of nitrogens with zero attached hydrogens (tertiary/aromatic N) is 1. The minimum absolute atomic E-state index is 0.0234. The van der Waals surface area contributed by atoms with Crippen molar-refractivity contribution in [3.63, 3.8) is 0 Å². The van der Waals surface area contributed by atoms with Crippen molar-refractivity contribution in [3.8, 4) is 0 Å². The number of nitrogens with one attached hydrogen (secondary N) is 2. The fourth-order valence-corrected chi connectivity index (χ4v) is 3.76. The number of carbonyl (C=O) groups is 1. The predicted molar refractivity (Wildman–Crippen MR) is 96.3 cm³/mol. The Hall–Kier alpha value is -2.23. The topological polar surface area (TPSA) is 96.9 Å². The smallest absolute Gasteiger partial charge is 0.408 e. The number of hydrogen-bond acceptors (Lipinski definition) is 5. The lowest BCUT2D eigenvalue weighted by atomic mass is 9.74. The third-order valence-corrected chi connectivity index (χ3v) is 5.15. The molecule has 0 saturated heterocycles. The highest BCUT2D eigenvalue weighted by atomic mass is 32.2. The number of halogens is 2. The van der Waals surface area contributed by atoms with Gasteiger partial charge in [0.25, 0.3) is 15.9 Å². The van der Waals surface area contributed by atoms with Gasteiger partial charge in [-0.05, 0) is 39.3 Å². The molecule has 150 valence electrons. The van der Waals surface area contributed by atoms with Crippen LogP contribution in [-0.2, 0) is 14.8 Å². The molecule has 0 radical (unpaired) electrons. The molecule has 2 rings (SSSR count). The molecule has 1 fully saturated rings. The van der Waals surface area contributed by atoms with E-state index in [4.69, 9.17) is 4.74 Å². The molecular weight excluding hydrogens is 380 g/mol. The van der Waals surface area contributed by atoms with Crippen molar-refractivity contribution in [3.05, 3.63) is 29.8 Å². The zero-order valence-electron chi connectivity index (χ0n) is 15.5. The second kappa shape index (κ2) is 7.06. The molecule has 0 heterocycles. The molecule has 7 nitrogen and oxygen atoms in total. The first-order valence-corrected chi connectivity index (χ1v) is 9.73. The van der Waals surface area contributed by atoms with Gasteiger partial charge >= 0.3 is 6.09 Å². The number of alkyl halides is 2. The van der Waals surface area contributed by atoms with Gasteiger partial charge in [0.2, 0.25) is 0 Å². The highest BCUT2D eigenvalue weighted by Gasteiger charge is 2.57. The van der Waals surface area contributed by atoms with E-state index in [0.717, 1.165) is 6.21 Å². The van der Waals surface area contributed by atoms with Crippen LogP contribution in [0.5, 0.6) is 0 Å². The van der Waals surface area contributed by atoms with Crippen LogP contribution in [0.4, 0.5) is 13.6 Å². The average Bonchev–Trinajstić information content (AvgIpc) is 2.42. The van der Waals surface area contributed by atoms with Crippen LogP contribution >= 0.6 is 0 Å². The quantitative estimate of drug-likeness (QED) is 0.583. The number of benzene rings is 1. The monoisotopic (exact) mass is 403 g/mol. The van der Waals surface area contributed by atoms with Gasteiger partial charge in [0.15, 0.2) is 0 Å². The standard InChI is InChI=1S/C17H23F2N3O4S/c1-12-7-5-6-8-13(12)27(24,25)22-20-11-16(9-17(18,19)10-16)21-14(23)26-15(2,3)4/h5-8,11,22H,9-10H2,1-4H3,(H,21,23). The third kappa shape index (κ3) is 5.62. The molecule has 0 spiro atoms. The Morgan fingerprint density at radius 3 is 2.37 bits per heavy atom. The number of ether oxygens (including phenoxy) is 1. The molecule has 1 aliphatic carbocycles. The number of rotatable bonds is 5. The number of sulfonamides is 1. The van der Waals surface area contributed by atoms with Crippen molar-refractivity contribution >= 4 is 22.3 Å². The Morgan fingerprint density at radius 2 is 1.85 bits per heavy atom. The van der Waals surface area contributed by atoms with E-state index < -0.39 is 46.0 Å². The van der Waals surface area contributed by atoms with Gasteiger partial charge in [0, 0.05) is 12.8 Å². The summed E-state index contributed by atoms with van der Waals surface area (Å²) in [5, 5.41) is 5.96. The van der Waals surface area contributed by atoms with Crippen LogP contribution in [0.15, 0.2) is 34.3 Å². The van der Waals surface area contributed by atoms with E-state index in [1.807, 2.05) is 4.83 Å². The SMILES string of the molecule is Cc1ccccc1S(=O)(=O)NN=CC1(NC(=O)OC(C)(C)C)CC(F)(F)C1. The third-order valence-electron chi connectivity index (χ3n) is 3.77. The van der Waals surface area contributed by atoms with Crippen molar-refractivity contribution in [1.29, 1.82) is 0 Å². The lowest BCUT2D eigenvalue weighted by Crippen LogP contribution is -2.64. The maximum absolute atomic E-state index is 13.4. The summed E-state index contributed by atoms with van der Waals surface area (Å²) < 4.78 is 56.5. The fourth-order valence-electron chi connectivity index (χ4n) is 2.72. The number of hydrazone groups is 1. The molecule has 0 atom stereocenters. The zero-order valence-corrected chi connectivity index (χ0v) is 16.4. The zero-order chi connectivity index (χ0) is 20.5. The second-order valence-electron chi connectivity index (χ2n) is 7.61. The van der Waals surface area contributed by atoms with Crippen molar-refractivity contribution in [1.82, 2.24) is 10.1 Å². The molecule has 0 unspecified atom stereocenters. The van der Waals surface area contributed by atoms with Crippen LogP contribution < -0.4 is 10.1 Å². The molecule has 0 bridgehead atoms. The number of carbonyl (C=O) groups excluding carboxylic acids is 1. The molecule has 0 aromatic heterocycles. The summed E-state index contributed by atoms with van der Waals surface area (Å²) in [4.78, 5) is 13.9. The lowest BCUT2D eigenvalue weighted by molar-refractivity contribution is -0.109. The molecule has 27 heavy (non-hydrogen) atoms. The molecule has 1 amide bonds. The normalized spacial score (nSPS) is 18.6. The minimum Gasteiger partial charge on any atom is -0.444 e. The summed E-state index contributed by atoms with van der Waals surface area (Å²) in [5.41, 5.74) is -1.78. The molecule has 1 aromatic carbocycles. The van der Waals surface area contributed by atoms with Gasteiger partial charge in [-0.3, -0.25) is 0 Å². The van der Waals surface area contributed by atoms with Crippen LogP contribution in [0.3, 0.4) is 0 Å². The Kier molecular flexibility index (Phi) is 5.51. The van der Waals surface area contributed by atoms with E-state index in [1.54, 1.807) is 45.9 Å². The predicted octanol–water partition coefficient (Wildman–Crippen LogP) is 2.95. The van der Waals surface area contributed by atoms with E-state index in [-0.39, 0.29) is 4.90 Å². The Bertz CT molecular complexity index is 840.